The van der Waals surface area contributed by atoms with Gasteiger partial charge in [-0.3, -0.25) is 4.98 Å². The summed E-state index contributed by atoms with van der Waals surface area (Å²) < 4.78 is 0.834. The van der Waals surface area contributed by atoms with Crippen molar-refractivity contribution in [1.29, 1.82) is 0 Å². The topological polar surface area (TPSA) is 50.2 Å². The number of aromatic nitrogens is 1. The second-order valence-electron chi connectivity index (χ2n) is 5.22. The number of carboxylic acids is 1. The molecular weight excluding hydrogens is 306 g/mol. The lowest BCUT2D eigenvalue weighted by Gasteiger charge is -2.12. The van der Waals surface area contributed by atoms with Crippen molar-refractivity contribution in [3.63, 3.8) is 0 Å². The number of nitrogens with zero attached hydrogens (tertiary/aromatic N) is 1. The molecule has 19 heavy (non-hydrogen) atoms. The number of hydrogen-bond donors (Lipinski definition) is 1. The van der Waals surface area contributed by atoms with Gasteiger partial charge in [0.2, 0.25) is 0 Å². The quantitative estimate of drug-likeness (QED) is 0.902. The van der Waals surface area contributed by atoms with E-state index in [2.05, 4.69) is 20.9 Å². The van der Waals surface area contributed by atoms with Gasteiger partial charge in [0, 0.05) is 21.5 Å². The van der Waals surface area contributed by atoms with Crippen molar-refractivity contribution in [3.05, 3.63) is 39.0 Å². The fourth-order valence-corrected chi connectivity index (χ4v) is 3.00. The Morgan fingerprint density at radius 1 is 1.32 bits per heavy atom. The molecule has 0 amide bonds. The van der Waals surface area contributed by atoms with Crippen molar-refractivity contribution in [1.82, 2.24) is 4.98 Å². The van der Waals surface area contributed by atoms with Crippen LogP contribution >= 0.6 is 15.9 Å². The Balaban J connectivity index is 2.43. The molecule has 0 unspecified atom stereocenters. The lowest BCUT2D eigenvalue weighted by Crippen LogP contribution is -2.03. The van der Waals surface area contributed by atoms with Gasteiger partial charge in [-0.1, -0.05) is 6.07 Å². The third kappa shape index (κ3) is 2.04. The summed E-state index contributed by atoms with van der Waals surface area (Å²) in [6.45, 7) is 3.95. The number of rotatable bonds is 2. The van der Waals surface area contributed by atoms with Gasteiger partial charge in [-0.2, -0.15) is 0 Å². The van der Waals surface area contributed by atoms with Gasteiger partial charge < -0.3 is 5.11 Å². The van der Waals surface area contributed by atoms with E-state index in [4.69, 9.17) is 0 Å². The normalized spacial score (nSPS) is 14.9. The maximum absolute atomic E-state index is 11.5. The molecule has 0 bridgehead atoms. The summed E-state index contributed by atoms with van der Waals surface area (Å²) in [6, 6.07) is 3.79. The smallest absolute Gasteiger partial charge is 0.336 e. The molecule has 1 saturated carbocycles. The molecule has 1 N–H and O–H groups in total. The van der Waals surface area contributed by atoms with Crippen LogP contribution in [0.2, 0.25) is 0 Å². The van der Waals surface area contributed by atoms with Gasteiger partial charge in [-0.05, 0) is 59.8 Å². The monoisotopic (exact) mass is 319 g/mol. The van der Waals surface area contributed by atoms with Crippen LogP contribution in [0, 0.1) is 13.8 Å². The number of halogens is 1. The number of pyridine rings is 1. The SMILES string of the molecule is Cc1cc(C)c2nc(C3CC3)cc(C(=O)O)c2c1Br. The number of carboxylic acid groups (broad SMARTS) is 1. The van der Waals surface area contributed by atoms with Gasteiger partial charge in [0.05, 0.1) is 11.1 Å². The molecule has 0 radical (unpaired) electrons. The highest BCUT2D eigenvalue weighted by molar-refractivity contribution is 9.10. The van der Waals surface area contributed by atoms with Crippen molar-refractivity contribution >= 4 is 32.8 Å². The molecule has 4 heteroatoms. The predicted molar refractivity (Wildman–Crippen MR) is 77.9 cm³/mol. The van der Waals surface area contributed by atoms with E-state index < -0.39 is 5.97 Å². The standard InChI is InChI=1S/C15H14BrNO2/c1-7-5-8(2)14-12(13(7)16)10(15(18)19)6-11(17-14)9-3-4-9/h5-6,9H,3-4H2,1-2H3,(H,18,19). The summed E-state index contributed by atoms with van der Waals surface area (Å²) in [5.41, 5.74) is 4.14. The van der Waals surface area contributed by atoms with E-state index in [0.29, 0.717) is 11.5 Å². The molecular formula is C15H14BrNO2. The molecule has 1 aliphatic rings. The molecule has 3 rings (SSSR count). The van der Waals surface area contributed by atoms with Gasteiger partial charge in [0.15, 0.2) is 0 Å². The van der Waals surface area contributed by atoms with E-state index in [1.165, 1.54) is 0 Å². The van der Waals surface area contributed by atoms with Gasteiger partial charge in [0.25, 0.3) is 0 Å². The zero-order valence-corrected chi connectivity index (χ0v) is 12.4. The molecule has 3 nitrogen and oxygen atoms in total. The first-order valence-electron chi connectivity index (χ1n) is 6.32. The van der Waals surface area contributed by atoms with E-state index in [1.54, 1.807) is 6.07 Å². The first-order valence-corrected chi connectivity index (χ1v) is 7.12. The van der Waals surface area contributed by atoms with Gasteiger partial charge >= 0.3 is 5.97 Å². The largest absolute Gasteiger partial charge is 0.478 e. The Bertz CT molecular complexity index is 705. The number of fused-ring (bicyclic) bond motifs is 1. The van der Waals surface area contributed by atoms with Crippen LogP contribution < -0.4 is 0 Å². The molecule has 0 spiro atoms. The first-order chi connectivity index (χ1) is 8.99. The number of aryl methyl sites for hydroxylation is 2. The Kier molecular flexibility index (Phi) is 2.86. The van der Waals surface area contributed by atoms with E-state index >= 15 is 0 Å². The third-order valence-corrected chi connectivity index (χ3v) is 4.66. The van der Waals surface area contributed by atoms with Crippen LogP contribution in [0.25, 0.3) is 10.9 Å². The fraction of sp³-hybridized carbons (Fsp3) is 0.333. The average molecular weight is 320 g/mol. The van der Waals surface area contributed by atoms with Crippen molar-refractivity contribution in [2.24, 2.45) is 0 Å². The molecule has 1 aromatic heterocycles. The van der Waals surface area contributed by atoms with Crippen LogP contribution in [0.4, 0.5) is 0 Å². The Labute approximate surface area is 119 Å². The average Bonchev–Trinajstić information content (AvgIpc) is 3.18. The molecule has 1 fully saturated rings. The summed E-state index contributed by atoms with van der Waals surface area (Å²) in [6.07, 6.45) is 2.23. The minimum atomic E-state index is -0.889. The molecule has 98 valence electrons. The first kappa shape index (κ1) is 12.6. The Morgan fingerprint density at radius 3 is 2.58 bits per heavy atom. The van der Waals surface area contributed by atoms with E-state index in [1.807, 2.05) is 19.9 Å². The minimum Gasteiger partial charge on any atom is -0.478 e. The van der Waals surface area contributed by atoms with E-state index in [0.717, 1.165) is 45.0 Å². The van der Waals surface area contributed by atoms with Crippen LogP contribution in [-0.2, 0) is 0 Å². The van der Waals surface area contributed by atoms with Crippen molar-refractivity contribution < 1.29 is 9.90 Å². The van der Waals surface area contributed by atoms with Gasteiger partial charge in [-0.25, -0.2) is 4.79 Å². The molecule has 0 aliphatic heterocycles. The highest BCUT2D eigenvalue weighted by Crippen LogP contribution is 2.41. The zero-order valence-electron chi connectivity index (χ0n) is 10.8. The summed E-state index contributed by atoms with van der Waals surface area (Å²) in [5.74, 6) is -0.443. The summed E-state index contributed by atoms with van der Waals surface area (Å²) in [7, 11) is 0. The van der Waals surface area contributed by atoms with Crippen LogP contribution in [0.15, 0.2) is 16.6 Å². The molecule has 1 aromatic carbocycles. The van der Waals surface area contributed by atoms with Crippen LogP contribution in [-0.4, -0.2) is 16.1 Å². The molecule has 1 heterocycles. The highest BCUT2D eigenvalue weighted by Gasteiger charge is 2.27. The summed E-state index contributed by atoms with van der Waals surface area (Å²) >= 11 is 3.51. The maximum Gasteiger partial charge on any atom is 0.336 e. The molecule has 1 aliphatic carbocycles. The van der Waals surface area contributed by atoms with Gasteiger partial charge in [-0.15, -0.1) is 0 Å². The Hall–Kier alpha value is -1.42. The number of benzene rings is 1. The predicted octanol–water partition coefficient (Wildman–Crippen LogP) is 4.19. The van der Waals surface area contributed by atoms with Crippen molar-refractivity contribution in [2.75, 3.05) is 0 Å². The van der Waals surface area contributed by atoms with E-state index in [9.17, 15) is 9.90 Å². The summed E-state index contributed by atoms with van der Waals surface area (Å²) in [4.78, 5) is 16.2. The number of carbonyl (C=O) groups is 1. The lowest BCUT2D eigenvalue weighted by molar-refractivity contribution is 0.0699. The van der Waals surface area contributed by atoms with Crippen molar-refractivity contribution in [2.45, 2.75) is 32.6 Å². The third-order valence-electron chi connectivity index (χ3n) is 3.64. The van der Waals surface area contributed by atoms with Crippen molar-refractivity contribution in [3.8, 4) is 0 Å². The maximum atomic E-state index is 11.5. The molecule has 0 saturated heterocycles. The fourth-order valence-electron chi connectivity index (χ4n) is 2.48. The minimum absolute atomic E-state index is 0.352. The zero-order chi connectivity index (χ0) is 13.7. The van der Waals surface area contributed by atoms with Crippen LogP contribution in [0.5, 0.6) is 0 Å². The van der Waals surface area contributed by atoms with E-state index in [-0.39, 0.29) is 0 Å². The Morgan fingerprint density at radius 2 is 2.00 bits per heavy atom. The van der Waals surface area contributed by atoms with Gasteiger partial charge in [0.1, 0.15) is 0 Å². The number of aromatic carboxylic acids is 1. The number of hydrogen-bond acceptors (Lipinski definition) is 2. The second kappa shape index (κ2) is 4.30. The molecule has 0 atom stereocenters. The summed E-state index contributed by atoms with van der Waals surface area (Å²) in [5, 5.41) is 10.2. The lowest BCUT2D eigenvalue weighted by atomic mass is 10.0. The highest BCUT2D eigenvalue weighted by atomic mass is 79.9. The molecule has 2 aromatic rings. The van der Waals surface area contributed by atoms with Crippen LogP contribution in [0.3, 0.4) is 0 Å². The second-order valence-corrected chi connectivity index (χ2v) is 6.02. The van der Waals surface area contributed by atoms with Crippen LogP contribution in [0.1, 0.15) is 45.9 Å².